The van der Waals surface area contributed by atoms with E-state index in [1.807, 2.05) is 6.92 Å². The third kappa shape index (κ3) is 5.25. The second kappa shape index (κ2) is 9.43. The molecule has 0 radical (unpaired) electrons. The van der Waals surface area contributed by atoms with Crippen LogP contribution >= 0.6 is 0 Å². The maximum absolute atomic E-state index is 12.3. The Labute approximate surface area is 155 Å². The van der Waals surface area contributed by atoms with E-state index in [0.717, 1.165) is 58.4 Å². The van der Waals surface area contributed by atoms with E-state index >= 15 is 0 Å². The molecule has 1 atom stereocenters. The largest absolute Gasteiger partial charge is 0.424 e. The Hall–Kier alpha value is -1.51. The molecular formula is C18H31N5O3. The average Bonchev–Trinajstić information content (AvgIpc) is 3.07. The van der Waals surface area contributed by atoms with Crippen LogP contribution in [0.25, 0.3) is 0 Å². The lowest BCUT2D eigenvalue weighted by molar-refractivity contribution is -0.127. The van der Waals surface area contributed by atoms with E-state index in [-0.39, 0.29) is 11.8 Å². The van der Waals surface area contributed by atoms with Gasteiger partial charge in [-0.2, -0.15) is 0 Å². The summed E-state index contributed by atoms with van der Waals surface area (Å²) in [7, 11) is 1.65. The number of hydrogen-bond acceptors (Lipinski definition) is 7. The first-order chi connectivity index (χ1) is 12.7. The maximum atomic E-state index is 12.3. The van der Waals surface area contributed by atoms with Crippen molar-refractivity contribution in [2.24, 2.45) is 5.92 Å². The number of nitrogens with one attached hydrogen (secondary N) is 1. The monoisotopic (exact) mass is 365 g/mol. The maximum Gasteiger partial charge on any atom is 0.230 e. The Morgan fingerprint density at radius 1 is 1.27 bits per heavy atom. The number of amides is 1. The van der Waals surface area contributed by atoms with Gasteiger partial charge < -0.3 is 14.5 Å². The molecular weight excluding hydrogens is 334 g/mol. The fourth-order valence-electron chi connectivity index (χ4n) is 4.01. The molecule has 146 valence electrons. The number of likely N-dealkylation sites (tertiary alicyclic amines) is 2. The summed E-state index contributed by atoms with van der Waals surface area (Å²) in [5.41, 5.74) is 0. The molecule has 8 heteroatoms. The SMILES string of the molecule is COCCNC(=O)C1CCCN(C2CCN(Cc3nnc(C)o3)CC2)C1. The molecule has 2 fully saturated rings. The highest BCUT2D eigenvalue weighted by molar-refractivity contribution is 5.78. The van der Waals surface area contributed by atoms with Crippen LogP contribution in [0.2, 0.25) is 0 Å². The molecule has 26 heavy (non-hydrogen) atoms. The highest BCUT2D eigenvalue weighted by atomic mass is 16.5. The van der Waals surface area contributed by atoms with Crippen molar-refractivity contribution >= 4 is 5.91 Å². The van der Waals surface area contributed by atoms with Crippen LogP contribution in [0.3, 0.4) is 0 Å². The van der Waals surface area contributed by atoms with Crippen LogP contribution in [-0.4, -0.2) is 78.4 Å². The van der Waals surface area contributed by atoms with Crippen molar-refractivity contribution in [3.8, 4) is 0 Å². The average molecular weight is 365 g/mol. The van der Waals surface area contributed by atoms with Crippen LogP contribution in [0.5, 0.6) is 0 Å². The number of nitrogens with zero attached hydrogens (tertiary/aromatic N) is 4. The smallest absolute Gasteiger partial charge is 0.230 e. The van der Waals surface area contributed by atoms with E-state index in [1.165, 1.54) is 0 Å². The summed E-state index contributed by atoms with van der Waals surface area (Å²) in [5, 5.41) is 11.0. The first-order valence-corrected chi connectivity index (χ1v) is 9.67. The fraction of sp³-hybridized carbons (Fsp3) is 0.833. The standard InChI is InChI=1S/C18H31N5O3/c1-14-20-21-17(26-14)13-22-9-5-16(6-10-22)23-8-3-4-15(12-23)18(24)19-7-11-25-2/h15-16H,3-13H2,1-2H3,(H,19,24). The minimum absolute atomic E-state index is 0.111. The van der Waals surface area contributed by atoms with E-state index in [2.05, 4.69) is 25.3 Å². The van der Waals surface area contributed by atoms with Crippen LogP contribution < -0.4 is 5.32 Å². The van der Waals surface area contributed by atoms with Gasteiger partial charge in [-0.1, -0.05) is 0 Å². The summed E-state index contributed by atoms with van der Waals surface area (Å²) in [4.78, 5) is 17.2. The molecule has 0 aromatic carbocycles. The molecule has 0 spiro atoms. The first-order valence-electron chi connectivity index (χ1n) is 9.67. The minimum Gasteiger partial charge on any atom is -0.424 e. The number of ether oxygens (including phenoxy) is 1. The van der Waals surface area contributed by atoms with Gasteiger partial charge in [0.15, 0.2) is 0 Å². The molecule has 1 unspecified atom stereocenters. The van der Waals surface area contributed by atoms with Crippen molar-refractivity contribution in [1.29, 1.82) is 0 Å². The molecule has 1 aromatic rings. The number of hydrogen-bond donors (Lipinski definition) is 1. The zero-order valence-corrected chi connectivity index (χ0v) is 15.9. The number of aromatic nitrogens is 2. The van der Waals surface area contributed by atoms with Gasteiger partial charge in [-0.15, -0.1) is 10.2 Å². The van der Waals surface area contributed by atoms with E-state index in [4.69, 9.17) is 9.15 Å². The highest BCUT2D eigenvalue weighted by Crippen LogP contribution is 2.24. The Kier molecular flexibility index (Phi) is 6.99. The summed E-state index contributed by atoms with van der Waals surface area (Å²) >= 11 is 0. The second-order valence-electron chi connectivity index (χ2n) is 7.34. The topological polar surface area (TPSA) is 83.7 Å². The quantitative estimate of drug-likeness (QED) is 0.716. The second-order valence-corrected chi connectivity index (χ2v) is 7.34. The minimum atomic E-state index is 0.111. The van der Waals surface area contributed by atoms with Gasteiger partial charge in [0.1, 0.15) is 0 Å². The third-order valence-corrected chi connectivity index (χ3v) is 5.43. The molecule has 3 heterocycles. The van der Waals surface area contributed by atoms with Crippen LogP contribution in [0.4, 0.5) is 0 Å². The van der Waals surface area contributed by atoms with Crippen molar-refractivity contribution in [3.63, 3.8) is 0 Å². The van der Waals surface area contributed by atoms with Crippen molar-refractivity contribution in [2.75, 3.05) is 46.4 Å². The number of rotatable bonds is 7. The van der Waals surface area contributed by atoms with Gasteiger partial charge in [0.05, 0.1) is 19.1 Å². The van der Waals surface area contributed by atoms with Gasteiger partial charge in [0.2, 0.25) is 17.7 Å². The summed E-state index contributed by atoms with van der Waals surface area (Å²) in [6.45, 7) is 7.78. The molecule has 2 aliphatic rings. The molecule has 1 amide bonds. The van der Waals surface area contributed by atoms with Crippen molar-refractivity contribution in [1.82, 2.24) is 25.3 Å². The number of aryl methyl sites for hydroxylation is 1. The summed E-state index contributed by atoms with van der Waals surface area (Å²) in [6.07, 6.45) is 4.35. The predicted octanol–water partition coefficient (Wildman–Crippen LogP) is 0.817. The molecule has 1 N–H and O–H groups in total. The lowest BCUT2D eigenvalue weighted by atomic mass is 9.93. The molecule has 0 aliphatic carbocycles. The van der Waals surface area contributed by atoms with Gasteiger partial charge in [-0.3, -0.25) is 14.6 Å². The van der Waals surface area contributed by atoms with Gasteiger partial charge >= 0.3 is 0 Å². The third-order valence-electron chi connectivity index (χ3n) is 5.43. The van der Waals surface area contributed by atoms with Crippen LogP contribution in [0.15, 0.2) is 4.42 Å². The van der Waals surface area contributed by atoms with Gasteiger partial charge in [0, 0.05) is 46.3 Å². The fourth-order valence-corrected chi connectivity index (χ4v) is 4.01. The Balaban J connectivity index is 1.42. The molecule has 8 nitrogen and oxygen atoms in total. The van der Waals surface area contributed by atoms with Crippen LogP contribution in [0, 0.1) is 12.8 Å². The van der Waals surface area contributed by atoms with Crippen LogP contribution in [0.1, 0.15) is 37.5 Å². The summed E-state index contributed by atoms with van der Waals surface area (Å²) in [6, 6.07) is 0.574. The Morgan fingerprint density at radius 2 is 2.08 bits per heavy atom. The summed E-state index contributed by atoms with van der Waals surface area (Å²) < 4.78 is 10.5. The van der Waals surface area contributed by atoms with Gasteiger partial charge in [-0.25, -0.2) is 0 Å². The van der Waals surface area contributed by atoms with Crippen molar-refractivity contribution in [3.05, 3.63) is 11.8 Å². The zero-order chi connectivity index (χ0) is 18.4. The lowest BCUT2D eigenvalue weighted by Gasteiger charge is -2.41. The summed E-state index contributed by atoms with van der Waals surface area (Å²) in [5.74, 6) is 1.61. The normalized spacial score (nSPS) is 23.2. The Bertz CT molecular complexity index is 571. The lowest BCUT2D eigenvalue weighted by Crippen LogP contribution is -2.50. The van der Waals surface area contributed by atoms with Crippen molar-refractivity contribution < 1.29 is 13.9 Å². The first kappa shape index (κ1) is 19.3. The van der Waals surface area contributed by atoms with E-state index in [0.29, 0.717) is 31.0 Å². The number of methoxy groups -OCH3 is 1. The number of carbonyl (C=O) groups is 1. The molecule has 3 rings (SSSR count). The highest BCUT2D eigenvalue weighted by Gasteiger charge is 2.31. The number of piperidine rings is 2. The van der Waals surface area contributed by atoms with E-state index in [9.17, 15) is 4.79 Å². The number of carbonyl (C=O) groups excluding carboxylic acids is 1. The molecule has 0 bridgehead atoms. The molecule has 0 saturated carbocycles. The Morgan fingerprint density at radius 3 is 2.77 bits per heavy atom. The van der Waals surface area contributed by atoms with Crippen LogP contribution in [-0.2, 0) is 16.1 Å². The van der Waals surface area contributed by atoms with E-state index in [1.54, 1.807) is 7.11 Å². The van der Waals surface area contributed by atoms with Gasteiger partial charge in [0.25, 0.3) is 0 Å². The van der Waals surface area contributed by atoms with Gasteiger partial charge in [-0.05, 0) is 32.2 Å². The molecule has 2 saturated heterocycles. The van der Waals surface area contributed by atoms with Crippen molar-refractivity contribution in [2.45, 2.75) is 45.2 Å². The molecule has 1 aromatic heterocycles. The predicted molar refractivity (Wildman–Crippen MR) is 96.5 cm³/mol. The van der Waals surface area contributed by atoms with E-state index < -0.39 is 0 Å². The molecule has 2 aliphatic heterocycles. The zero-order valence-electron chi connectivity index (χ0n) is 15.9.